The molecule has 0 unspecified atom stereocenters. The third-order valence-corrected chi connectivity index (χ3v) is 2.56. The first-order chi connectivity index (χ1) is 9.19. The van der Waals surface area contributed by atoms with Gasteiger partial charge in [-0.25, -0.2) is 0 Å². The van der Waals surface area contributed by atoms with Gasteiger partial charge in [0.1, 0.15) is 0 Å². The molecule has 0 amide bonds. The summed E-state index contributed by atoms with van der Waals surface area (Å²) in [5, 5.41) is 0. The molecule has 0 aliphatic carbocycles. The zero-order valence-corrected chi connectivity index (χ0v) is 13.6. The van der Waals surface area contributed by atoms with Crippen LogP contribution in [0.4, 0.5) is 0 Å². The normalized spacial score (nSPS) is 9.47. The molecule has 0 heterocycles. The van der Waals surface area contributed by atoms with E-state index in [0.717, 1.165) is 12.0 Å². The van der Waals surface area contributed by atoms with Crippen LogP contribution in [0.3, 0.4) is 0 Å². The van der Waals surface area contributed by atoms with Crippen molar-refractivity contribution < 1.29 is 0 Å². The quantitative estimate of drug-likeness (QED) is 0.535. The van der Waals surface area contributed by atoms with Crippen molar-refractivity contribution in [3.05, 3.63) is 65.8 Å². The average Bonchev–Trinajstić information content (AvgIpc) is 2.49. The molecule has 0 bridgehead atoms. The van der Waals surface area contributed by atoms with Crippen LogP contribution in [0.1, 0.15) is 52.2 Å². The van der Waals surface area contributed by atoms with Crippen molar-refractivity contribution in [1.82, 2.24) is 0 Å². The Balaban J connectivity index is 0. The summed E-state index contributed by atoms with van der Waals surface area (Å²) in [6.45, 7) is 20.0. The average molecular weight is 258 g/mol. The molecule has 0 saturated heterocycles. The van der Waals surface area contributed by atoms with Gasteiger partial charge in [0.25, 0.3) is 0 Å². The molecule has 0 fully saturated rings. The molecule has 0 radical (unpaired) electrons. The van der Waals surface area contributed by atoms with E-state index in [-0.39, 0.29) is 0 Å². The minimum Gasteiger partial charge on any atom is -0.0985 e. The van der Waals surface area contributed by atoms with Gasteiger partial charge in [0.2, 0.25) is 0 Å². The second kappa shape index (κ2) is 12.9. The molecule has 0 heteroatoms. The Labute approximate surface area is 120 Å². The number of allylic oxidation sites excluding steroid dienone is 3. The molecule has 0 aromatic heterocycles. The molecule has 1 aromatic rings. The smallest absolute Gasteiger partial charge is 0.0224 e. The second-order valence-electron chi connectivity index (χ2n) is 3.61. The van der Waals surface area contributed by atoms with Gasteiger partial charge in [-0.05, 0) is 35.6 Å². The van der Waals surface area contributed by atoms with Gasteiger partial charge in [-0.15, -0.1) is 0 Å². The fraction of sp³-hybridized carbons (Fsp3) is 0.368. The summed E-state index contributed by atoms with van der Waals surface area (Å²) in [7, 11) is 0. The zero-order chi connectivity index (χ0) is 15.3. The number of hydrogen-bond acceptors (Lipinski definition) is 0. The maximum atomic E-state index is 3.98. The van der Waals surface area contributed by atoms with Crippen LogP contribution in [-0.2, 0) is 0 Å². The van der Waals surface area contributed by atoms with Crippen LogP contribution in [0, 0.1) is 6.92 Å². The number of aryl methyl sites for hydroxylation is 1. The number of rotatable bonds is 4. The molecule has 0 atom stereocenters. The Hall–Kier alpha value is -1.56. The highest BCUT2D eigenvalue weighted by molar-refractivity contribution is 5.62. The summed E-state index contributed by atoms with van der Waals surface area (Å²) in [6, 6.07) is 8.36. The molecule has 0 saturated carbocycles. The van der Waals surface area contributed by atoms with Crippen molar-refractivity contribution in [3.8, 4) is 0 Å². The van der Waals surface area contributed by atoms with E-state index in [9.17, 15) is 0 Å². The molecular weight excluding hydrogens is 228 g/mol. The number of hydrogen-bond donors (Lipinski definition) is 0. The number of benzene rings is 1. The van der Waals surface area contributed by atoms with Crippen LogP contribution < -0.4 is 0 Å². The van der Waals surface area contributed by atoms with E-state index in [4.69, 9.17) is 0 Å². The zero-order valence-electron chi connectivity index (χ0n) is 13.6. The molecule has 106 valence electrons. The Morgan fingerprint density at radius 2 is 1.63 bits per heavy atom. The monoisotopic (exact) mass is 258 g/mol. The van der Waals surface area contributed by atoms with Gasteiger partial charge in [0, 0.05) is 0 Å². The largest absolute Gasteiger partial charge is 0.0985 e. The lowest BCUT2D eigenvalue weighted by Gasteiger charge is -2.06. The summed E-state index contributed by atoms with van der Waals surface area (Å²) >= 11 is 0. The molecular formula is C19H30. The van der Waals surface area contributed by atoms with Crippen LogP contribution in [0.25, 0.3) is 6.08 Å². The summed E-state index contributed by atoms with van der Waals surface area (Å²) in [6.07, 6.45) is 4.99. The lowest BCUT2D eigenvalue weighted by Crippen LogP contribution is -1.85. The Kier molecular flexibility index (Phi) is 13.4. The van der Waals surface area contributed by atoms with Gasteiger partial charge >= 0.3 is 0 Å². The minimum atomic E-state index is 0.985. The molecule has 1 aromatic carbocycles. The molecule has 0 aliphatic rings. The van der Waals surface area contributed by atoms with E-state index in [1.54, 1.807) is 0 Å². The van der Waals surface area contributed by atoms with Crippen molar-refractivity contribution >= 4 is 6.08 Å². The molecule has 19 heavy (non-hydrogen) atoms. The summed E-state index contributed by atoms with van der Waals surface area (Å²) < 4.78 is 0. The highest BCUT2D eigenvalue weighted by Gasteiger charge is 1.98. The van der Waals surface area contributed by atoms with E-state index in [0.29, 0.717) is 0 Å². The van der Waals surface area contributed by atoms with Crippen LogP contribution in [0.15, 0.2) is 54.6 Å². The van der Waals surface area contributed by atoms with Gasteiger partial charge in [-0.1, -0.05) is 84.2 Å². The van der Waals surface area contributed by atoms with Gasteiger partial charge in [0.05, 0.1) is 0 Å². The Morgan fingerprint density at radius 1 is 1.11 bits per heavy atom. The first-order valence-corrected chi connectivity index (χ1v) is 7.27. The third kappa shape index (κ3) is 7.46. The van der Waals surface area contributed by atoms with E-state index < -0.39 is 0 Å². The van der Waals surface area contributed by atoms with Crippen LogP contribution in [0.2, 0.25) is 0 Å². The predicted octanol–water partition coefficient (Wildman–Crippen LogP) is 6.58. The van der Waals surface area contributed by atoms with E-state index in [1.807, 2.05) is 33.8 Å². The van der Waals surface area contributed by atoms with Crippen molar-refractivity contribution in [3.63, 3.8) is 0 Å². The minimum absolute atomic E-state index is 0.985. The van der Waals surface area contributed by atoms with Crippen molar-refractivity contribution in [2.45, 2.75) is 48.0 Å². The lowest BCUT2D eigenvalue weighted by molar-refractivity contribution is 1.14. The molecule has 0 nitrogen and oxygen atoms in total. The molecule has 0 aliphatic heterocycles. The Morgan fingerprint density at radius 3 is 2.05 bits per heavy atom. The van der Waals surface area contributed by atoms with Gasteiger partial charge in [-0.3, -0.25) is 0 Å². The Bertz CT molecular complexity index is 394. The third-order valence-electron chi connectivity index (χ3n) is 2.56. The van der Waals surface area contributed by atoms with E-state index in [2.05, 4.69) is 57.3 Å². The summed E-state index contributed by atoms with van der Waals surface area (Å²) in [4.78, 5) is 0. The van der Waals surface area contributed by atoms with E-state index in [1.165, 1.54) is 16.7 Å². The fourth-order valence-corrected chi connectivity index (χ4v) is 1.49. The predicted molar refractivity (Wildman–Crippen MR) is 91.5 cm³/mol. The van der Waals surface area contributed by atoms with Gasteiger partial charge in [0.15, 0.2) is 0 Å². The van der Waals surface area contributed by atoms with E-state index >= 15 is 0 Å². The molecule has 1 rings (SSSR count). The topological polar surface area (TPSA) is 0 Å². The molecule has 0 N–H and O–H groups in total. The first-order valence-electron chi connectivity index (χ1n) is 7.27. The van der Waals surface area contributed by atoms with Crippen LogP contribution in [0.5, 0.6) is 0 Å². The molecule has 0 spiro atoms. The maximum Gasteiger partial charge on any atom is -0.0224 e. The fourth-order valence-electron chi connectivity index (χ4n) is 1.49. The second-order valence-corrected chi connectivity index (χ2v) is 3.61. The van der Waals surface area contributed by atoms with Crippen LogP contribution >= 0.6 is 0 Å². The highest BCUT2D eigenvalue weighted by Crippen LogP contribution is 2.19. The van der Waals surface area contributed by atoms with Crippen molar-refractivity contribution in [2.24, 2.45) is 0 Å². The standard InChI is InChI=1S/C15H18.2C2H6/c1-5-12(3)14(6-2)11-15-10-8-7-9-13(15)4;2*1-2/h5,7-11H,1,3,6H2,2,4H3;2*1-2H3/b14-11-;;. The lowest BCUT2D eigenvalue weighted by atomic mass is 10.00. The maximum absolute atomic E-state index is 3.98. The van der Waals surface area contributed by atoms with Crippen molar-refractivity contribution in [1.29, 1.82) is 0 Å². The summed E-state index contributed by atoms with van der Waals surface area (Å²) in [5.41, 5.74) is 4.82. The first kappa shape index (κ1) is 19.8. The van der Waals surface area contributed by atoms with Crippen molar-refractivity contribution in [2.75, 3.05) is 0 Å². The van der Waals surface area contributed by atoms with Gasteiger partial charge in [-0.2, -0.15) is 0 Å². The highest BCUT2D eigenvalue weighted by atomic mass is 14.0. The van der Waals surface area contributed by atoms with Gasteiger partial charge < -0.3 is 0 Å². The SMILES string of the molecule is C=CC(=C)/C(=C\c1ccccc1C)CC.CC.CC. The van der Waals surface area contributed by atoms with Crippen LogP contribution in [-0.4, -0.2) is 0 Å². The summed E-state index contributed by atoms with van der Waals surface area (Å²) in [5.74, 6) is 0.